The van der Waals surface area contributed by atoms with Gasteiger partial charge in [-0.25, -0.2) is 4.99 Å². The lowest BCUT2D eigenvalue weighted by molar-refractivity contribution is 0.221. The molecule has 0 saturated carbocycles. The number of hydrogen-bond donors (Lipinski definition) is 2. The molecule has 1 saturated heterocycles. The number of nitrogens with one attached hydrogen (secondary N) is 2. The summed E-state index contributed by atoms with van der Waals surface area (Å²) in [6.45, 7) is 15.2. The normalized spacial score (nSPS) is 16.7. The van der Waals surface area contributed by atoms with Crippen molar-refractivity contribution in [2.24, 2.45) is 4.99 Å². The number of guanidine groups is 1. The van der Waals surface area contributed by atoms with Gasteiger partial charge >= 0.3 is 0 Å². The Hall–Kier alpha value is -1.33. The minimum Gasteiger partial charge on any atom is -0.357 e. The molecule has 0 bridgehead atoms. The first-order chi connectivity index (χ1) is 12.0. The Bertz CT molecular complexity index is 604. The summed E-state index contributed by atoms with van der Waals surface area (Å²) < 4.78 is 1.12. The molecule has 1 aliphatic rings. The number of aryl methyl sites for hydroxylation is 1. The van der Waals surface area contributed by atoms with Gasteiger partial charge in [0.1, 0.15) is 0 Å². The van der Waals surface area contributed by atoms with Crippen LogP contribution in [-0.2, 0) is 6.54 Å². The molecule has 0 aromatic heterocycles. The second kappa shape index (κ2) is 9.97. The predicted molar refractivity (Wildman–Crippen MR) is 111 cm³/mol. The van der Waals surface area contributed by atoms with Crippen molar-refractivity contribution in [2.75, 3.05) is 26.2 Å². The fourth-order valence-electron chi connectivity index (χ4n) is 3.13. The molecule has 1 fully saturated rings. The monoisotopic (exact) mass is 406 g/mol. The van der Waals surface area contributed by atoms with Gasteiger partial charge in [-0.15, -0.1) is 0 Å². The van der Waals surface area contributed by atoms with E-state index in [2.05, 4.69) is 77.0 Å². The van der Waals surface area contributed by atoms with E-state index in [1.54, 1.807) is 0 Å². The first-order valence-corrected chi connectivity index (χ1v) is 9.94. The quantitative estimate of drug-likeness (QED) is 0.428. The average Bonchev–Trinajstić information content (AvgIpc) is 2.55. The number of hydrogen-bond acceptors (Lipinski definition) is 2. The molecule has 138 valence electrons. The minimum atomic E-state index is 0.491. The Morgan fingerprint density at radius 3 is 2.68 bits per heavy atom. The Kier molecular flexibility index (Phi) is 7.97. The predicted octanol–water partition coefficient (Wildman–Crippen LogP) is 3.85. The largest absolute Gasteiger partial charge is 0.357 e. The van der Waals surface area contributed by atoms with E-state index < -0.39 is 0 Å². The van der Waals surface area contributed by atoms with Crippen molar-refractivity contribution in [3.63, 3.8) is 0 Å². The molecule has 0 aliphatic carbocycles. The van der Waals surface area contributed by atoms with Crippen LogP contribution in [0.3, 0.4) is 0 Å². The zero-order valence-electron chi connectivity index (χ0n) is 15.7. The van der Waals surface area contributed by atoms with Crippen molar-refractivity contribution in [1.29, 1.82) is 0 Å². The molecule has 2 rings (SSSR count). The van der Waals surface area contributed by atoms with E-state index >= 15 is 0 Å². The van der Waals surface area contributed by atoms with E-state index in [-0.39, 0.29) is 0 Å². The van der Waals surface area contributed by atoms with Gasteiger partial charge in [-0.1, -0.05) is 34.1 Å². The summed E-state index contributed by atoms with van der Waals surface area (Å²) in [5.41, 5.74) is 3.77. The van der Waals surface area contributed by atoms with E-state index in [9.17, 15) is 0 Å². The number of aliphatic imine (C=N–C) groups is 1. The van der Waals surface area contributed by atoms with E-state index in [4.69, 9.17) is 4.99 Å². The highest BCUT2D eigenvalue weighted by Gasteiger charge is 2.19. The molecule has 0 spiro atoms. The van der Waals surface area contributed by atoms with Gasteiger partial charge in [0, 0.05) is 36.7 Å². The van der Waals surface area contributed by atoms with E-state index in [0.29, 0.717) is 12.6 Å². The summed E-state index contributed by atoms with van der Waals surface area (Å²) in [6.07, 6.45) is 2.30. The number of nitrogens with zero attached hydrogens (tertiary/aromatic N) is 2. The van der Waals surface area contributed by atoms with Gasteiger partial charge in [-0.3, -0.25) is 4.90 Å². The molecule has 25 heavy (non-hydrogen) atoms. The van der Waals surface area contributed by atoms with Crippen LogP contribution in [0.25, 0.3) is 0 Å². The topological polar surface area (TPSA) is 39.7 Å². The first-order valence-electron chi connectivity index (χ1n) is 9.14. The van der Waals surface area contributed by atoms with Crippen LogP contribution in [-0.4, -0.2) is 43.1 Å². The lowest BCUT2D eigenvalue weighted by Crippen LogP contribution is -2.48. The number of rotatable bonds is 6. The van der Waals surface area contributed by atoms with Crippen LogP contribution in [0.2, 0.25) is 0 Å². The summed E-state index contributed by atoms with van der Waals surface area (Å²) in [6, 6.07) is 6.85. The summed E-state index contributed by atoms with van der Waals surface area (Å²) in [7, 11) is 0. The fourth-order valence-corrected chi connectivity index (χ4v) is 3.61. The maximum absolute atomic E-state index is 4.79. The van der Waals surface area contributed by atoms with Gasteiger partial charge in [-0.05, 0) is 56.9 Å². The molecule has 0 amide bonds. The van der Waals surface area contributed by atoms with Gasteiger partial charge in [0.25, 0.3) is 0 Å². The second-order valence-electron chi connectivity index (χ2n) is 6.92. The molecule has 0 unspecified atom stereocenters. The van der Waals surface area contributed by atoms with Gasteiger partial charge < -0.3 is 10.6 Å². The van der Waals surface area contributed by atoms with Crippen molar-refractivity contribution in [3.8, 4) is 0 Å². The molecule has 0 atom stereocenters. The lowest BCUT2D eigenvalue weighted by Gasteiger charge is -2.33. The highest BCUT2D eigenvalue weighted by molar-refractivity contribution is 9.10. The SMILES string of the molecule is C=C(C)CN1CCC(NC(=NCc2ccc(Br)cc2C)NCC)CC1. The number of piperidine rings is 1. The van der Waals surface area contributed by atoms with Crippen LogP contribution in [0, 0.1) is 6.92 Å². The summed E-state index contributed by atoms with van der Waals surface area (Å²) in [4.78, 5) is 7.27. The molecule has 4 nitrogen and oxygen atoms in total. The van der Waals surface area contributed by atoms with Gasteiger partial charge in [0.15, 0.2) is 5.96 Å². The number of benzene rings is 1. The number of likely N-dealkylation sites (tertiary alicyclic amines) is 1. The third-order valence-corrected chi connectivity index (χ3v) is 4.97. The van der Waals surface area contributed by atoms with E-state index in [1.807, 2.05) is 0 Å². The molecule has 2 N–H and O–H groups in total. The third kappa shape index (κ3) is 6.83. The molecule has 1 aliphatic heterocycles. The van der Waals surface area contributed by atoms with Crippen LogP contribution in [0.5, 0.6) is 0 Å². The zero-order chi connectivity index (χ0) is 18.2. The van der Waals surface area contributed by atoms with Crippen molar-refractivity contribution in [2.45, 2.75) is 46.2 Å². The van der Waals surface area contributed by atoms with Crippen LogP contribution in [0.4, 0.5) is 0 Å². The zero-order valence-corrected chi connectivity index (χ0v) is 17.3. The van der Waals surface area contributed by atoms with Crippen molar-refractivity contribution >= 4 is 21.9 Å². The Morgan fingerprint density at radius 2 is 2.08 bits per heavy atom. The highest BCUT2D eigenvalue weighted by Crippen LogP contribution is 2.16. The molecule has 1 aromatic carbocycles. The van der Waals surface area contributed by atoms with Crippen molar-refractivity contribution in [1.82, 2.24) is 15.5 Å². The van der Waals surface area contributed by atoms with Gasteiger partial charge in [-0.2, -0.15) is 0 Å². The molecule has 1 aromatic rings. The standard InChI is InChI=1S/C20H31BrN4/c1-5-22-20(23-13-17-6-7-18(21)12-16(17)4)24-19-8-10-25(11-9-19)14-15(2)3/h6-7,12,19H,2,5,8-11,13-14H2,1,3-4H3,(H2,22,23,24). The van der Waals surface area contributed by atoms with E-state index in [1.165, 1.54) is 16.7 Å². The van der Waals surface area contributed by atoms with E-state index in [0.717, 1.165) is 49.5 Å². The highest BCUT2D eigenvalue weighted by atomic mass is 79.9. The van der Waals surface area contributed by atoms with Gasteiger partial charge in [0.2, 0.25) is 0 Å². The third-order valence-electron chi connectivity index (χ3n) is 4.48. The molecule has 5 heteroatoms. The van der Waals surface area contributed by atoms with Crippen LogP contribution in [0.1, 0.15) is 37.8 Å². The molecular weight excluding hydrogens is 376 g/mol. The van der Waals surface area contributed by atoms with Crippen molar-refractivity contribution < 1.29 is 0 Å². The Balaban J connectivity index is 1.91. The summed E-state index contributed by atoms with van der Waals surface area (Å²) in [5.74, 6) is 0.920. The molecular formula is C20H31BrN4. The van der Waals surface area contributed by atoms with Crippen LogP contribution >= 0.6 is 15.9 Å². The Morgan fingerprint density at radius 1 is 1.36 bits per heavy atom. The first kappa shape index (κ1) is 20.0. The summed E-state index contributed by atoms with van der Waals surface area (Å²) >= 11 is 3.52. The molecule has 1 heterocycles. The molecule has 0 radical (unpaired) electrons. The summed E-state index contributed by atoms with van der Waals surface area (Å²) in [5, 5.41) is 6.99. The lowest BCUT2D eigenvalue weighted by atomic mass is 10.0. The smallest absolute Gasteiger partial charge is 0.191 e. The number of halogens is 1. The van der Waals surface area contributed by atoms with Gasteiger partial charge in [0.05, 0.1) is 6.54 Å². The van der Waals surface area contributed by atoms with Crippen LogP contribution < -0.4 is 10.6 Å². The van der Waals surface area contributed by atoms with Crippen LogP contribution in [0.15, 0.2) is 39.8 Å². The maximum Gasteiger partial charge on any atom is 0.191 e. The minimum absolute atomic E-state index is 0.491. The maximum atomic E-state index is 4.79. The average molecular weight is 407 g/mol. The van der Waals surface area contributed by atoms with Crippen molar-refractivity contribution in [3.05, 3.63) is 46.0 Å². The fraction of sp³-hybridized carbons (Fsp3) is 0.550. The Labute approximate surface area is 160 Å². The second-order valence-corrected chi connectivity index (χ2v) is 7.83.